The summed E-state index contributed by atoms with van der Waals surface area (Å²) in [6.07, 6.45) is 3.13. The van der Waals surface area contributed by atoms with Crippen LogP contribution in [-0.4, -0.2) is 28.5 Å². The molecule has 3 aromatic rings. The van der Waals surface area contributed by atoms with Crippen LogP contribution in [0.1, 0.15) is 46.9 Å². The molecule has 0 spiro atoms. The van der Waals surface area contributed by atoms with Crippen molar-refractivity contribution >= 4 is 16.8 Å². The summed E-state index contributed by atoms with van der Waals surface area (Å²) in [4.78, 5) is 15.4. The second kappa shape index (κ2) is 6.99. The number of hydrogen-bond donors (Lipinski definition) is 0. The van der Waals surface area contributed by atoms with Crippen LogP contribution in [0.15, 0.2) is 48.5 Å². The minimum Gasteiger partial charge on any atom is -0.337 e. The van der Waals surface area contributed by atoms with E-state index in [0.717, 1.165) is 44.6 Å². The van der Waals surface area contributed by atoms with Crippen molar-refractivity contribution in [1.82, 2.24) is 9.47 Å². The van der Waals surface area contributed by atoms with Crippen LogP contribution in [0.25, 0.3) is 10.9 Å². The van der Waals surface area contributed by atoms with Crippen LogP contribution in [0.4, 0.5) is 0 Å². The monoisotopic (exact) mass is 346 g/mol. The van der Waals surface area contributed by atoms with Crippen LogP contribution in [0.3, 0.4) is 0 Å². The van der Waals surface area contributed by atoms with Gasteiger partial charge in [-0.2, -0.15) is 0 Å². The molecule has 0 bridgehead atoms. The van der Waals surface area contributed by atoms with E-state index in [1.165, 1.54) is 27.6 Å². The maximum absolute atomic E-state index is 13.3. The molecule has 0 saturated heterocycles. The van der Waals surface area contributed by atoms with Gasteiger partial charge in [0.05, 0.1) is 5.52 Å². The topological polar surface area (TPSA) is 25.2 Å². The summed E-state index contributed by atoms with van der Waals surface area (Å²) >= 11 is 0. The molecule has 0 atom stereocenters. The van der Waals surface area contributed by atoms with Crippen molar-refractivity contribution in [3.63, 3.8) is 0 Å². The lowest BCUT2D eigenvalue weighted by Crippen LogP contribution is -2.39. The Hall–Kier alpha value is -2.55. The van der Waals surface area contributed by atoms with Gasteiger partial charge in [0.2, 0.25) is 0 Å². The minimum absolute atomic E-state index is 0.200. The third-order valence-corrected chi connectivity index (χ3v) is 5.48. The van der Waals surface area contributed by atoms with Crippen molar-refractivity contribution in [1.29, 1.82) is 0 Å². The van der Waals surface area contributed by atoms with Gasteiger partial charge < -0.3 is 9.47 Å². The van der Waals surface area contributed by atoms with Gasteiger partial charge in [0, 0.05) is 25.0 Å². The van der Waals surface area contributed by atoms with Gasteiger partial charge in [-0.3, -0.25) is 4.79 Å². The predicted octanol–water partition coefficient (Wildman–Crippen LogP) is 4.80. The summed E-state index contributed by atoms with van der Waals surface area (Å²) in [6.45, 7) is 6.76. The number of carbonyl (C=O) groups is 1. The molecular weight excluding hydrogens is 320 g/mol. The number of benzene rings is 2. The number of aromatic nitrogens is 1. The van der Waals surface area contributed by atoms with E-state index in [1.54, 1.807) is 0 Å². The molecule has 0 unspecified atom stereocenters. The number of carbonyl (C=O) groups excluding carboxylic acids is 1. The van der Waals surface area contributed by atoms with Crippen LogP contribution in [0.5, 0.6) is 0 Å². The molecule has 0 aliphatic carbocycles. The third-order valence-electron chi connectivity index (χ3n) is 5.48. The molecule has 0 fully saturated rings. The zero-order valence-electron chi connectivity index (χ0n) is 15.7. The van der Waals surface area contributed by atoms with E-state index in [9.17, 15) is 4.79 Å². The summed E-state index contributed by atoms with van der Waals surface area (Å²) in [7, 11) is 0. The molecule has 4 rings (SSSR count). The maximum Gasteiger partial charge on any atom is 0.270 e. The van der Waals surface area contributed by atoms with Gasteiger partial charge in [-0.15, -0.1) is 0 Å². The first-order chi connectivity index (χ1) is 12.7. The highest BCUT2D eigenvalue weighted by atomic mass is 16.2. The highest BCUT2D eigenvalue weighted by Crippen LogP contribution is 2.33. The highest BCUT2D eigenvalue weighted by Gasteiger charge is 2.31. The SMILES string of the molecule is CCCCN1CCc2c(n(Cc3ccccc3)c3c(C)cccc23)C1=O. The minimum atomic E-state index is 0.200. The molecule has 0 radical (unpaired) electrons. The maximum atomic E-state index is 13.3. The van der Waals surface area contributed by atoms with E-state index >= 15 is 0 Å². The molecule has 3 heteroatoms. The Morgan fingerprint density at radius 2 is 1.85 bits per heavy atom. The number of unbranched alkanes of at least 4 members (excludes halogenated alkanes) is 1. The van der Waals surface area contributed by atoms with Crippen molar-refractivity contribution in [2.24, 2.45) is 0 Å². The predicted molar refractivity (Wildman–Crippen MR) is 107 cm³/mol. The smallest absolute Gasteiger partial charge is 0.270 e. The van der Waals surface area contributed by atoms with Crippen LogP contribution < -0.4 is 0 Å². The van der Waals surface area contributed by atoms with Crippen molar-refractivity contribution in [3.8, 4) is 0 Å². The first-order valence-corrected chi connectivity index (χ1v) is 9.64. The first kappa shape index (κ1) is 16.9. The lowest BCUT2D eigenvalue weighted by Gasteiger charge is -2.28. The Bertz CT molecular complexity index is 940. The largest absolute Gasteiger partial charge is 0.337 e. The molecule has 1 aromatic heterocycles. The molecule has 1 aliphatic heterocycles. The van der Waals surface area contributed by atoms with E-state index in [0.29, 0.717) is 0 Å². The molecule has 0 saturated carbocycles. The Balaban J connectivity index is 1.87. The van der Waals surface area contributed by atoms with E-state index in [4.69, 9.17) is 0 Å². The second-order valence-corrected chi connectivity index (χ2v) is 7.27. The normalized spacial score (nSPS) is 14.1. The summed E-state index contributed by atoms with van der Waals surface area (Å²) < 4.78 is 2.26. The standard InChI is InChI=1S/C23H26N2O/c1-3-4-14-24-15-13-20-19-12-8-9-17(2)21(19)25(22(20)23(24)26)16-18-10-6-5-7-11-18/h5-12H,3-4,13-16H2,1-2H3. The Morgan fingerprint density at radius 3 is 2.62 bits per heavy atom. The van der Waals surface area contributed by atoms with E-state index in [-0.39, 0.29) is 5.91 Å². The van der Waals surface area contributed by atoms with Crippen molar-refractivity contribution in [2.75, 3.05) is 13.1 Å². The molecule has 3 nitrogen and oxygen atoms in total. The van der Waals surface area contributed by atoms with Gasteiger partial charge in [0.15, 0.2) is 0 Å². The second-order valence-electron chi connectivity index (χ2n) is 7.27. The fourth-order valence-corrected chi connectivity index (χ4v) is 4.15. The zero-order valence-corrected chi connectivity index (χ0v) is 15.7. The van der Waals surface area contributed by atoms with Crippen LogP contribution in [0.2, 0.25) is 0 Å². The third kappa shape index (κ3) is 2.82. The number of aryl methyl sites for hydroxylation is 1. The molecule has 2 aromatic carbocycles. The van der Waals surface area contributed by atoms with Gasteiger partial charge in [-0.05, 0) is 36.5 Å². The van der Waals surface area contributed by atoms with Gasteiger partial charge in [-0.25, -0.2) is 0 Å². The van der Waals surface area contributed by atoms with E-state index in [1.807, 2.05) is 11.0 Å². The van der Waals surface area contributed by atoms with Gasteiger partial charge in [0.25, 0.3) is 5.91 Å². The average molecular weight is 346 g/mol. The van der Waals surface area contributed by atoms with E-state index in [2.05, 4.69) is 60.9 Å². The lowest BCUT2D eigenvalue weighted by atomic mass is 10.0. The summed E-state index contributed by atoms with van der Waals surface area (Å²) in [5.41, 5.74) is 5.82. The average Bonchev–Trinajstić information content (AvgIpc) is 2.98. The van der Waals surface area contributed by atoms with Gasteiger partial charge >= 0.3 is 0 Å². The van der Waals surface area contributed by atoms with E-state index < -0.39 is 0 Å². The number of fused-ring (bicyclic) bond motifs is 3. The quantitative estimate of drug-likeness (QED) is 0.652. The summed E-state index contributed by atoms with van der Waals surface area (Å²) in [5, 5.41) is 1.25. The fourth-order valence-electron chi connectivity index (χ4n) is 4.15. The highest BCUT2D eigenvalue weighted by molar-refractivity contribution is 6.03. The number of amides is 1. The van der Waals surface area contributed by atoms with Crippen molar-refractivity contribution in [2.45, 2.75) is 39.7 Å². The number of hydrogen-bond acceptors (Lipinski definition) is 1. The van der Waals surface area contributed by atoms with Crippen LogP contribution in [-0.2, 0) is 13.0 Å². The van der Waals surface area contributed by atoms with Gasteiger partial charge in [0.1, 0.15) is 5.69 Å². The van der Waals surface area contributed by atoms with Crippen LogP contribution in [0, 0.1) is 6.92 Å². The zero-order chi connectivity index (χ0) is 18.1. The lowest BCUT2D eigenvalue weighted by molar-refractivity contribution is 0.0727. The molecule has 0 N–H and O–H groups in total. The number of nitrogens with zero attached hydrogens (tertiary/aromatic N) is 2. The Morgan fingerprint density at radius 1 is 1.04 bits per heavy atom. The molecule has 26 heavy (non-hydrogen) atoms. The molecule has 1 aliphatic rings. The van der Waals surface area contributed by atoms with Crippen LogP contribution >= 0.6 is 0 Å². The molecule has 1 amide bonds. The Kier molecular flexibility index (Phi) is 4.54. The number of para-hydroxylation sites is 1. The fraction of sp³-hybridized carbons (Fsp3) is 0.348. The Labute approximate surface area is 155 Å². The molecule has 134 valence electrons. The molecular formula is C23H26N2O. The van der Waals surface area contributed by atoms with Crippen molar-refractivity contribution in [3.05, 3.63) is 70.9 Å². The summed E-state index contributed by atoms with van der Waals surface area (Å²) in [6, 6.07) is 16.9. The first-order valence-electron chi connectivity index (χ1n) is 9.64. The number of rotatable bonds is 5. The summed E-state index contributed by atoms with van der Waals surface area (Å²) in [5.74, 6) is 0.200. The molecule has 2 heterocycles. The van der Waals surface area contributed by atoms with Crippen molar-refractivity contribution < 1.29 is 4.79 Å². The van der Waals surface area contributed by atoms with Gasteiger partial charge in [-0.1, -0.05) is 61.9 Å².